The number of benzene rings is 1. The van der Waals surface area contributed by atoms with Crippen molar-refractivity contribution >= 4 is 17.7 Å². The molecule has 0 atom stereocenters. The van der Waals surface area contributed by atoms with Gasteiger partial charge in [-0.1, -0.05) is 37.0 Å². The minimum Gasteiger partial charge on any atom is -0.480 e. The molecule has 0 aromatic heterocycles. The van der Waals surface area contributed by atoms with E-state index in [1.54, 1.807) is 0 Å². The van der Waals surface area contributed by atoms with Crippen molar-refractivity contribution in [3.8, 4) is 0 Å². The summed E-state index contributed by atoms with van der Waals surface area (Å²) in [6.07, 6.45) is 4.82. The van der Waals surface area contributed by atoms with Crippen LogP contribution in [0.5, 0.6) is 0 Å². The number of aliphatic carboxylic acids is 1. The number of rotatable bonds is 3. The molecule has 0 radical (unpaired) electrons. The van der Waals surface area contributed by atoms with Gasteiger partial charge in [-0.05, 0) is 31.9 Å². The van der Waals surface area contributed by atoms with E-state index >= 15 is 0 Å². The van der Waals surface area contributed by atoms with Crippen LogP contribution in [0.4, 0.5) is 0 Å². The molecule has 17 heavy (non-hydrogen) atoms. The summed E-state index contributed by atoms with van der Waals surface area (Å²) in [6, 6.07) is 8.14. The Balaban J connectivity index is 2.17. The van der Waals surface area contributed by atoms with Crippen molar-refractivity contribution in [3.05, 3.63) is 29.8 Å². The Hall–Kier alpha value is -0.960. The van der Waals surface area contributed by atoms with Crippen LogP contribution >= 0.6 is 11.8 Å². The fraction of sp³-hybridized carbons (Fsp3) is 0.500. The molecule has 92 valence electrons. The van der Waals surface area contributed by atoms with E-state index in [4.69, 9.17) is 0 Å². The zero-order valence-electron chi connectivity index (χ0n) is 10.1. The minimum absolute atomic E-state index is 0.590. The lowest BCUT2D eigenvalue weighted by atomic mass is 9.88. The molecular formula is C14H18O2S. The van der Waals surface area contributed by atoms with Crippen LogP contribution in [-0.2, 0) is 4.79 Å². The second-order valence-corrected chi connectivity index (χ2v) is 6.23. The number of carboxylic acids is 1. The Morgan fingerprint density at radius 3 is 2.29 bits per heavy atom. The van der Waals surface area contributed by atoms with Gasteiger partial charge in [-0.15, -0.1) is 11.8 Å². The molecule has 2 rings (SSSR count). The summed E-state index contributed by atoms with van der Waals surface area (Å²) in [5.41, 5.74) is 1.21. The predicted molar refractivity (Wildman–Crippen MR) is 70.5 cm³/mol. The maximum absolute atomic E-state index is 11.5. The van der Waals surface area contributed by atoms with Gasteiger partial charge >= 0.3 is 5.97 Å². The molecule has 1 aliphatic carbocycles. The molecule has 0 unspecified atom stereocenters. The molecule has 0 bridgehead atoms. The zero-order chi connectivity index (χ0) is 12.3. The molecule has 0 amide bonds. The Kier molecular flexibility index (Phi) is 3.77. The van der Waals surface area contributed by atoms with Gasteiger partial charge < -0.3 is 5.11 Å². The number of thioether (sulfide) groups is 1. The van der Waals surface area contributed by atoms with Crippen molar-refractivity contribution in [3.63, 3.8) is 0 Å². The van der Waals surface area contributed by atoms with Crippen LogP contribution in [0.15, 0.2) is 29.2 Å². The number of aryl methyl sites for hydroxylation is 1. The molecular weight excluding hydrogens is 232 g/mol. The second kappa shape index (κ2) is 5.13. The quantitative estimate of drug-likeness (QED) is 0.884. The third-order valence-electron chi connectivity index (χ3n) is 3.39. The van der Waals surface area contributed by atoms with Gasteiger partial charge in [0.25, 0.3) is 0 Å². The largest absolute Gasteiger partial charge is 0.480 e. The third kappa shape index (κ3) is 2.83. The van der Waals surface area contributed by atoms with E-state index in [-0.39, 0.29) is 0 Å². The lowest BCUT2D eigenvalue weighted by Gasteiger charge is -2.32. The van der Waals surface area contributed by atoms with Gasteiger partial charge in [0, 0.05) is 4.90 Å². The molecule has 2 nitrogen and oxygen atoms in total. The summed E-state index contributed by atoms with van der Waals surface area (Å²) < 4.78 is -0.590. The normalized spacial score (nSPS) is 18.9. The van der Waals surface area contributed by atoms with Crippen LogP contribution in [0.3, 0.4) is 0 Å². The van der Waals surface area contributed by atoms with Crippen LogP contribution in [0.1, 0.15) is 37.7 Å². The van der Waals surface area contributed by atoms with E-state index in [0.717, 1.165) is 30.6 Å². The first kappa shape index (κ1) is 12.5. The van der Waals surface area contributed by atoms with Crippen LogP contribution in [-0.4, -0.2) is 15.8 Å². The second-order valence-electron chi connectivity index (χ2n) is 4.78. The Labute approximate surface area is 106 Å². The van der Waals surface area contributed by atoms with E-state index < -0.39 is 10.7 Å². The summed E-state index contributed by atoms with van der Waals surface area (Å²) in [6.45, 7) is 2.04. The maximum Gasteiger partial charge on any atom is 0.320 e. The monoisotopic (exact) mass is 250 g/mol. The molecule has 1 saturated carbocycles. The standard InChI is InChI=1S/C14H18O2S/c1-11-5-7-12(8-6-11)17-14(13(15)16)9-3-2-4-10-14/h5-8H,2-4,9-10H2,1H3,(H,15,16). The molecule has 1 aromatic carbocycles. The average molecular weight is 250 g/mol. The summed E-state index contributed by atoms with van der Waals surface area (Å²) in [4.78, 5) is 12.6. The lowest BCUT2D eigenvalue weighted by Crippen LogP contribution is -2.37. The van der Waals surface area contributed by atoms with Crippen LogP contribution in [0.2, 0.25) is 0 Å². The van der Waals surface area contributed by atoms with Gasteiger partial charge in [-0.3, -0.25) is 4.79 Å². The van der Waals surface area contributed by atoms with Gasteiger partial charge in [-0.25, -0.2) is 0 Å². The van der Waals surface area contributed by atoms with Crippen LogP contribution in [0, 0.1) is 6.92 Å². The highest BCUT2D eigenvalue weighted by Crippen LogP contribution is 2.44. The number of carboxylic acid groups (broad SMARTS) is 1. The Morgan fingerprint density at radius 1 is 1.18 bits per heavy atom. The first-order chi connectivity index (χ1) is 8.12. The van der Waals surface area contributed by atoms with Crippen LogP contribution < -0.4 is 0 Å². The molecule has 1 aromatic rings. The minimum atomic E-state index is -0.650. The third-order valence-corrected chi connectivity index (χ3v) is 4.87. The van der Waals surface area contributed by atoms with Gasteiger partial charge in [0.2, 0.25) is 0 Å². The molecule has 1 aliphatic rings. The molecule has 0 heterocycles. The highest BCUT2D eigenvalue weighted by Gasteiger charge is 2.40. The van der Waals surface area contributed by atoms with Gasteiger partial charge in [0.15, 0.2) is 0 Å². The zero-order valence-corrected chi connectivity index (χ0v) is 10.9. The first-order valence-corrected chi connectivity index (χ1v) is 6.93. The molecule has 1 N–H and O–H groups in total. The van der Waals surface area contributed by atoms with Crippen molar-refractivity contribution in [2.24, 2.45) is 0 Å². The Morgan fingerprint density at radius 2 is 1.76 bits per heavy atom. The topological polar surface area (TPSA) is 37.3 Å². The van der Waals surface area contributed by atoms with E-state index in [1.807, 2.05) is 31.2 Å². The van der Waals surface area contributed by atoms with Crippen molar-refractivity contribution in [1.82, 2.24) is 0 Å². The van der Waals surface area contributed by atoms with Crippen LogP contribution in [0.25, 0.3) is 0 Å². The van der Waals surface area contributed by atoms with Crippen molar-refractivity contribution in [1.29, 1.82) is 0 Å². The SMILES string of the molecule is Cc1ccc(SC2(C(=O)O)CCCCC2)cc1. The molecule has 0 spiro atoms. The predicted octanol–water partition coefficient (Wildman–Crippen LogP) is 3.87. The molecule has 3 heteroatoms. The molecule has 1 fully saturated rings. The van der Waals surface area contributed by atoms with Crippen molar-refractivity contribution < 1.29 is 9.90 Å². The fourth-order valence-electron chi connectivity index (χ4n) is 2.31. The van der Waals surface area contributed by atoms with E-state index in [0.29, 0.717) is 0 Å². The highest BCUT2D eigenvalue weighted by molar-refractivity contribution is 8.01. The van der Waals surface area contributed by atoms with Gasteiger partial charge in [-0.2, -0.15) is 0 Å². The fourth-order valence-corrected chi connectivity index (χ4v) is 3.62. The highest BCUT2D eigenvalue weighted by atomic mass is 32.2. The summed E-state index contributed by atoms with van der Waals surface area (Å²) in [5.74, 6) is -0.650. The van der Waals surface area contributed by atoms with Crippen molar-refractivity contribution in [2.75, 3.05) is 0 Å². The summed E-state index contributed by atoms with van der Waals surface area (Å²) in [5, 5.41) is 9.48. The Bertz CT molecular complexity index is 391. The molecule has 0 aliphatic heterocycles. The average Bonchev–Trinajstić information content (AvgIpc) is 2.33. The van der Waals surface area contributed by atoms with Gasteiger partial charge in [0.05, 0.1) is 0 Å². The number of hydrogen-bond donors (Lipinski definition) is 1. The molecule has 0 saturated heterocycles. The van der Waals surface area contributed by atoms with E-state index in [1.165, 1.54) is 23.7 Å². The van der Waals surface area contributed by atoms with E-state index in [9.17, 15) is 9.90 Å². The van der Waals surface area contributed by atoms with Gasteiger partial charge in [0.1, 0.15) is 4.75 Å². The van der Waals surface area contributed by atoms with Crippen molar-refractivity contribution in [2.45, 2.75) is 48.7 Å². The number of hydrogen-bond acceptors (Lipinski definition) is 2. The van der Waals surface area contributed by atoms with E-state index in [2.05, 4.69) is 0 Å². The summed E-state index contributed by atoms with van der Waals surface area (Å²) in [7, 11) is 0. The lowest BCUT2D eigenvalue weighted by molar-refractivity contribution is -0.140. The summed E-state index contributed by atoms with van der Waals surface area (Å²) >= 11 is 1.53. The number of carbonyl (C=O) groups is 1. The smallest absolute Gasteiger partial charge is 0.320 e. The maximum atomic E-state index is 11.5. The first-order valence-electron chi connectivity index (χ1n) is 6.11.